The van der Waals surface area contributed by atoms with Gasteiger partial charge in [0.2, 0.25) is 0 Å². The van der Waals surface area contributed by atoms with Crippen molar-refractivity contribution in [1.82, 2.24) is 9.80 Å². The molecule has 1 rings (SSSR count). The summed E-state index contributed by atoms with van der Waals surface area (Å²) in [6, 6.07) is -1.15. The van der Waals surface area contributed by atoms with Crippen molar-refractivity contribution in [2.75, 3.05) is 20.1 Å². The number of likely N-dealkylation sites (N-methyl/N-ethyl adjacent to an activating group) is 1. The third-order valence-electron chi connectivity index (χ3n) is 3.16. The number of carboxylic acid groups (broad SMARTS) is 1. The fraction of sp³-hybridized carbons (Fsp3) is 0.818. The van der Waals surface area contributed by atoms with Crippen LogP contribution in [-0.4, -0.2) is 63.8 Å². The van der Waals surface area contributed by atoms with Crippen LogP contribution in [0.3, 0.4) is 0 Å². The Kier molecular flexibility index (Phi) is 3.98. The number of β-amino-alcohol motifs (C(OH)–C–C–N with tert-alkyl or cyclic N) is 1. The van der Waals surface area contributed by atoms with Crippen molar-refractivity contribution in [3.8, 4) is 0 Å². The van der Waals surface area contributed by atoms with Gasteiger partial charge >= 0.3 is 12.0 Å². The van der Waals surface area contributed by atoms with Crippen LogP contribution >= 0.6 is 0 Å². The highest BCUT2D eigenvalue weighted by atomic mass is 16.4. The lowest BCUT2D eigenvalue weighted by molar-refractivity contribution is -0.142. The number of aliphatic hydroxyl groups is 1. The van der Waals surface area contributed by atoms with Gasteiger partial charge in [0.1, 0.15) is 6.04 Å². The summed E-state index contributed by atoms with van der Waals surface area (Å²) >= 11 is 0. The second kappa shape index (κ2) is 4.91. The molecule has 2 N–H and O–H groups in total. The van der Waals surface area contributed by atoms with E-state index in [1.54, 1.807) is 13.8 Å². The van der Waals surface area contributed by atoms with E-state index >= 15 is 0 Å². The molecule has 1 saturated heterocycles. The van der Waals surface area contributed by atoms with Gasteiger partial charge in [-0.1, -0.05) is 6.92 Å². The van der Waals surface area contributed by atoms with E-state index in [-0.39, 0.29) is 12.6 Å². The maximum absolute atomic E-state index is 12.0. The molecular weight excluding hydrogens is 224 g/mol. The Morgan fingerprint density at radius 1 is 1.53 bits per heavy atom. The van der Waals surface area contributed by atoms with Crippen LogP contribution in [0.15, 0.2) is 0 Å². The summed E-state index contributed by atoms with van der Waals surface area (Å²) in [5.74, 6) is -1.01. The van der Waals surface area contributed by atoms with Crippen LogP contribution in [0.1, 0.15) is 26.7 Å². The van der Waals surface area contributed by atoms with Gasteiger partial charge in [-0.15, -0.1) is 0 Å². The van der Waals surface area contributed by atoms with Crippen molar-refractivity contribution in [2.45, 2.75) is 38.3 Å². The van der Waals surface area contributed by atoms with Crippen LogP contribution in [0.5, 0.6) is 0 Å². The van der Waals surface area contributed by atoms with E-state index in [4.69, 9.17) is 5.11 Å². The maximum Gasteiger partial charge on any atom is 0.326 e. The van der Waals surface area contributed by atoms with Crippen LogP contribution in [0.4, 0.5) is 4.79 Å². The Labute approximate surface area is 101 Å². The first-order chi connectivity index (χ1) is 7.78. The number of likely N-dealkylation sites (tertiary alicyclic amines) is 1. The Hall–Kier alpha value is -1.30. The molecule has 0 aliphatic carbocycles. The fourth-order valence-corrected chi connectivity index (χ4v) is 2.08. The first-order valence-electron chi connectivity index (χ1n) is 5.75. The van der Waals surface area contributed by atoms with Gasteiger partial charge in [0.05, 0.1) is 12.1 Å². The van der Waals surface area contributed by atoms with Crippen LogP contribution < -0.4 is 0 Å². The monoisotopic (exact) mass is 244 g/mol. The zero-order valence-corrected chi connectivity index (χ0v) is 10.5. The average molecular weight is 244 g/mol. The summed E-state index contributed by atoms with van der Waals surface area (Å²) in [6.07, 6.45) is 0.887. The van der Waals surface area contributed by atoms with E-state index in [1.807, 2.05) is 0 Å². The molecule has 6 heteroatoms. The van der Waals surface area contributed by atoms with E-state index in [9.17, 15) is 14.7 Å². The Morgan fingerprint density at radius 3 is 2.47 bits per heavy atom. The summed E-state index contributed by atoms with van der Waals surface area (Å²) in [6.45, 7) is 4.12. The molecule has 0 spiro atoms. The fourth-order valence-electron chi connectivity index (χ4n) is 2.08. The van der Waals surface area contributed by atoms with Gasteiger partial charge in [-0.05, 0) is 19.8 Å². The molecule has 0 aromatic carbocycles. The topological polar surface area (TPSA) is 81.1 Å². The second-order valence-corrected chi connectivity index (χ2v) is 4.82. The highest BCUT2D eigenvalue weighted by Gasteiger charge is 2.37. The highest BCUT2D eigenvalue weighted by molar-refractivity contribution is 5.82. The van der Waals surface area contributed by atoms with Crippen molar-refractivity contribution < 1.29 is 19.8 Å². The molecule has 0 aromatic heterocycles. The molecule has 0 saturated carbocycles. The van der Waals surface area contributed by atoms with Crippen molar-refractivity contribution in [3.05, 3.63) is 0 Å². The zero-order chi connectivity index (χ0) is 13.2. The molecular formula is C11H20N2O4. The zero-order valence-electron chi connectivity index (χ0n) is 10.5. The third-order valence-corrected chi connectivity index (χ3v) is 3.16. The average Bonchev–Trinajstić information content (AvgIpc) is 2.58. The lowest BCUT2D eigenvalue weighted by Crippen LogP contribution is -2.48. The Balaban J connectivity index is 2.67. The number of amides is 2. The number of hydrogen-bond donors (Lipinski definition) is 2. The second-order valence-electron chi connectivity index (χ2n) is 4.82. The molecule has 2 amide bonds. The number of urea groups is 1. The summed E-state index contributed by atoms with van der Waals surface area (Å²) in [7, 11) is 1.48. The van der Waals surface area contributed by atoms with Crippen molar-refractivity contribution in [2.24, 2.45) is 0 Å². The largest absolute Gasteiger partial charge is 0.480 e. The lowest BCUT2D eigenvalue weighted by Gasteiger charge is -2.29. The molecule has 2 unspecified atom stereocenters. The molecule has 1 fully saturated rings. The number of hydrogen-bond acceptors (Lipinski definition) is 3. The first-order valence-corrected chi connectivity index (χ1v) is 5.75. The van der Waals surface area contributed by atoms with Gasteiger partial charge < -0.3 is 20.0 Å². The van der Waals surface area contributed by atoms with E-state index in [2.05, 4.69) is 0 Å². The standard InChI is InChI=1S/C11H20N2O4/c1-4-8(9(14)15)12(3)10(16)13-6-5-11(2,17)7-13/h8,17H,4-7H2,1-3H3,(H,14,15). The predicted molar refractivity (Wildman–Crippen MR) is 61.7 cm³/mol. The van der Waals surface area contributed by atoms with Gasteiger partial charge in [-0.25, -0.2) is 9.59 Å². The Bertz CT molecular complexity index is 317. The molecule has 17 heavy (non-hydrogen) atoms. The van der Waals surface area contributed by atoms with Crippen LogP contribution in [0, 0.1) is 0 Å². The summed E-state index contributed by atoms with van der Waals surface area (Å²) < 4.78 is 0. The minimum absolute atomic E-state index is 0.256. The minimum Gasteiger partial charge on any atom is -0.480 e. The van der Waals surface area contributed by atoms with Crippen LogP contribution in [0.2, 0.25) is 0 Å². The van der Waals surface area contributed by atoms with Gasteiger partial charge in [0.15, 0.2) is 0 Å². The molecule has 0 radical (unpaired) electrons. The van der Waals surface area contributed by atoms with E-state index in [0.717, 1.165) is 0 Å². The molecule has 2 atom stereocenters. The lowest BCUT2D eigenvalue weighted by atomic mass is 10.1. The van der Waals surface area contributed by atoms with Crippen molar-refractivity contribution in [3.63, 3.8) is 0 Å². The minimum atomic E-state index is -1.01. The number of rotatable bonds is 3. The summed E-state index contributed by atoms with van der Waals surface area (Å²) in [4.78, 5) is 25.7. The van der Waals surface area contributed by atoms with Gasteiger partial charge in [0, 0.05) is 13.6 Å². The number of nitrogens with zero attached hydrogens (tertiary/aromatic N) is 2. The van der Waals surface area contributed by atoms with Crippen molar-refractivity contribution >= 4 is 12.0 Å². The van der Waals surface area contributed by atoms with Crippen LogP contribution in [0.25, 0.3) is 0 Å². The molecule has 0 aromatic rings. The number of carbonyl (C=O) groups excluding carboxylic acids is 1. The van der Waals surface area contributed by atoms with Gasteiger partial charge in [-0.3, -0.25) is 0 Å². The normalized spacial score (nSPS) is 25.8. The predicted octanol–water partition coefficient (Wildman–Crippen LogP) is 0.358. The Morgan fingerprint density at radius 2 is 2.12 bits per heavy atom. The number of aliphatic carboxylic acids is 1. The smallest absolute Gasteiger partial charge is 0.326 e. The van der Waals surface area contributed by atoms with Gasteiger partial charge in [-0.2, -0.15) is 0 Å². The first kappa shape index (κ1) is 13.8. The molecule has 6 nitrogen and oxygen atoms in total. The quantitative estimate of drug-likeness (QED) is 0.751. The van der Waals surface area contributed by atoms with Gasteiger partial charge in [0.25, 0.3) is 0 Å². The summed E-state index contributed by atoms with van der Waals surface area (Å²) in [5.41, 5.74) is -0.860. The highest BCUT2D eigenvalue weighted by Crippen LogP contribution is 2.21. The maximum atomic E-state index is 12.0. The molecule has 1 aliphatic rings. The van der Waals surface area contributed by atoms with Crippen molar-refractivity contribution in [1.29, 1.82) is 0 Å². The van der Waals surface area contributed by atoms with E-state index in [0.29, 0.717) is 19.4 Å². The number of carboxylic acids is 1. The van der Waals surface area contributed by atoms with Crippen LogP contribution in [-0.2, 0) is 4.79 Å². The third kappa shape index (κ3) is 3.09. The van der Waals surface area contributed by atoms with E-state index in [1.165, 1.54) is 16.8 Å². The molecule has 1 heterocycles. The molecule has 1 aliphatic heterocycles. The molecule has 0 bridgehead atoms. The van der Waals surface area contributed by atoms with E-state index < -0.39 is 17.6 Å². The number of carbonyl (C=O) groups is 2. The SMILES string of the molecule is CCC(C(=O)O)N(C)C(=O)N1CCC(C)(O)C1. The molecule has 98 valence electrons. The summed E-state index contributed by atoms with van der Waals surface area (Å²) in [5, 5.41) is 18.7.